The Balaban J connectivity index is 1.82. The fourth-order valence-corrected chi connectivity index (χ4v) is 8.09. The van der Waals surface area contributed by atoms with Crippen molar-refractivity contribution in [2.45, 2.75) is 83.1 Å². The highest BCUT2D eigenvalue weighted by Gasteiger charge is 2.26. The lowest BCUT2D eigenvalue weighted by Gasteiger charge is -2.19. The Bertz CT molecular complexity index is 2690. The molecular weight excluding hydrogens is 572 g/mol. The van der Waals surface area contributed by atoms with E-state index in [2.05, 4.69) is 9.97 Å². The molecule has 0 fully saturated rings. The van der Waals surface area contributed by atoms with Crippen molar-refractivity contribution in [3.63, 3.8) is 0 Å². The van der Waals surface area contributed by atoms with Gasteiger partial charge in [0.25, 0.3) is 0 Å². The lowest BCUT2D eigenvalue weighted by molar-refractivity contribution is 1.24. The summed E-state index contributed by atoms with van der Waals surface area (Å²) in [6.45, 7) is 23.3. The molecule has 0 aliphatic rings. The van der Waals surface area contributed by atoms with Gasteiger partial charge in [0.1, 0.15) is 0 Å². The van der Waals surface area contributed by atoms with Crippen LogP contribution in [-0.4, -0.2) is 9.97 Å². The van der Waals surface area contributed by atoms with Gasteiger partial charge in [-0.1, -0.05) is 0 Å². The Morgan fingerprint density at radius 1 is 0.239 bits per heavy atom. The molecule has 7 aromatic rings. The Morgan fingerprint density at radius 2 is 0.435 bits per heavy atom. The van der Waals surface area contributed by atoms with Crippen LogP contribution in [0, 0.1) is 83.1 Å². The predicted molar refractivity (Wildman–Crippen MR) is 193 cm³/mol. The molecule has 0 aliphatic heterocycles. The molecule has 0 saturated heterocycles. The molecule has 0 spiro atoms. The minimum atomic E-state index is -0.185. The summed E-state index contributed by atoms with van der Waals surface area (Å²) in [7, 11) is 0. The van der Waals surface area contributed by atoms with E-state index in [1.807, 2.05) is 83.1 Å². The molecule has 0 aliphatic carbocycles. The third-order valence-electron chi connectivity index (χ3n) is 11.8. The van der Waals surface area contributed by atoms with E-state index in [0.717, 1.165) is 55.6 Å². The Kier molecular flexibility index (Phi) is 6.07. The number of rotatable bonds is 0. The zero-order valence-corrected chi connectivity index (χ0v) is 28.6. The number of hydrogen-bond donors (Lipinski definition) is 2. The van der Waals surface area contributed by atoms with Gasteiger partial charge in [-0.3, -0.25) is 19.2 Å². The van der Waals surface area contributed by atoms with Crippen molar-refractivity contribution in [2.24, 2.45) is 0 Å². The highest BCUT2D eigenvalue weighted by atomic mass is 16.1. The summed E-state index contributed by atoms with van der Waals surface area (Å²) in [4.78, 5) is 64.9. The second-order valence-corrected chi connectivity index (χ2v) is 13.6. The quantitative estimate of drug-likeness (QED) is 0.135. The minimum absolute atomic E-state index is 0.142. The maximum Gasteiger partial charge on any atom is 0.196 e. The fourth-order valence-electron chi connectivity index (χ4n) is 8.09. The van der Waals surface area contributed by atoms with Crippen LogP contribution in [0.25, 0.3) is 65.2 Å². The lowest BCUT2D eigenvalue weighted by Crippen LogP contribution is -2.20. The van der Waals surface area contributed by atoms with Crippen LogP contribution in [0.2, 0.25) is 0 Å². The summed E-state index contributed by atoms with van der Waals surface area (Å²) in [5, 5.41) is 3.43. The van der Waals surface area contributed by atoms with Crippen molar-refractivity contribution in [3.8, 4) is 0 Å². The van der Waals surface area contributed by atoms with Gasteiger partial charge >= 0.3 is 0 Å². The number of aromatic nitrogens is 2. The average Bonchev–Trinajstić information content (AvgIpc) is 3.02. The smallest absolute Gasteiger partial charge is 0.196 e. The SMILES string of the molecule is Cc1c(C)c(C)c2c(=O)c3c(c(C)c(C)c4[nH]c5c([nH]c43)c(C)c(C)c3c(=O)c4c(C)c(C)c(C)c(C)c4c(=O)c35)c(=O)c2c1C. The number of fused-ring (bicyclic) bond motifs is 8. The van der Waals surface area contributed by atoms with Gasteiger partial charge in [0.05, 0.1) is 32.8 Å². The molecule has 1 aromatic heterocycles. The van der Waals surface area contributed by atoms with Crippen LogP contribution in [-0.2, 0) is 0 Å². The molecule has 46 heavy (non-hydrogen) atoms. The summed E-state index contributed by atoms with van der Waals surface area (Å²) >= 11 is 0. The van der Waals surface area contributed by atoms with Crippen LogP contribution >= 0.6 is 0 Å². The van der Waals surface area contributed by atoms with E-state index in [1.165, 1.54) is 0 Å². The van der Waals surface area contributed by atoms with Crippen LogP contribution in [0.5, 0.6) is 0 Å². The molecule has 6 nitrogen and oxygen atoms in total. The van der Waals surface area contributed by atoms with Gasteiger partial charge in [-0.2, -0.15) is 0 Å². The van der Waals surface area contributed by atoms with Crippen LogP contribution in [0.3, 0.4) is 0 Å². The van der Waals surface area contributed by atoms with Crippen molar-refractivity contribution in [2.75, 3.05) is 0 Å². The van der Waals surface area contributed by atoms with Crippen LogP contribution in [0.1, 0.15) is 66.8 Å². The molecular formula is C40H38N2O4. The molecule has 0 atom stereocenters. The fraction of sp³-hybridized carbons (Fsp3) is 0.300. The summed E-state index contributed by atoms with van der Waals surface area (Å²) < 4.78 is 0. The highest BCUT2D eigenvalue weighted by Crippen LogP contribution is 2.36. The van der Waals surface area contributed by atoms with E-state index < -0.39 is 0 Å². The largest absolute Gasteiger partial charge is 0.351 e. The number of nitrogens with one attached hydrogen (secondary N) is 2. The molecule has 2 N–H and O–H groups in total. The van der Waals surface area contributed by atoms with Gasteiger partial charge in [-0.05, 0) is 150 Å². The third-order valence-corrected chi connectivity index (χ3v) is 11.8. The van der Waals surface area contributed by atoms with Gasteiger partial charge in [0.2, 0.25) is 0 Å². The number of benzene rings is 6. The average molecular weight is 611 g/mol. The number of hydrogen-bond acceptors (Lipinski definition) is 4. The van der Waals surface area contributed by atoms with Crippen LogP contribution < -0.4 is 21.7 Å². The number of aromatic amines is 2. The maximum absolute atomic E-state index is 14.6. The molecule has 0 amide bonds. The highest BCUT2D eigenvalue weighted by molar-refractivity contribution is 6.18. The van der Waals surface area contributed by atoms with Crippen molar-refractivity contribution in [1.82, 2.24) is 9.97 Å². The van der Waals surface area contributed by atoms with E-state index >= 15 is 0 Å². The maximum atomic E-state index is 14.6. The predicted octanol–water partition coefficient (Wildman–Crippen LogP) is 7.84. The van der Waals surface area contributed by atoms with Crippen LogP contribution in [0.15, 0.2) is 19.2 Å². The lowest BCUT2D eigenvalue weighted by atomic mass is 9.86. The van der Waals surface area contributed by atoms with Crippen molar-refractivity contribution in [3.05, 3.63) is 108 Å². The van der Waals surface area contributed by atoms with Crippen molar-refractivity contribution < 1.29 is 0 Å². The van der Waals surface area contributed by atoms with E-state index in [-0.39, 0.29) is 21.7 Å². The van der Waals surface area contributed by atoms with Gasteiger partial charge in [0, 0.05) is 32.3 Å². The summed E-state index contributed by atoms with van der Waals surface area (Å²) in [5.74, 6) is 0. The second-order valence-electron chi connectivity index (χ2n) is 13.6. The molecule has 6 aromatic carbocycles. The van der Waals surface area contributed by atoms with Crippen LogP contribution in [0.4, 0.5) is 0 Å². The standard InChI is InChI=1S/C40H38N2O4/c1-13-15(3)19(7)27-25(17(13)5)37(43)29-21(9)23(11)33-35(31(29)39(27)45)41-34-24(12)22(10)30-32(36(34)42-33)40(46)28-20(8)16(4)14(2)18(6)26(28)38(30)44/h41-42H,1-12H3. The molecule has 0 bridgehead atoms. The van der Waals surface area contributed by atoms with E-state index in [9.17, 15) is 19.2 Å². The normalized spacial score (nSPS) is 12.3. The van der Waals surface area contributed by atoms with Gasteiger partial charge < -0.3 is 9.97 Å². The minimum Gasteiger partial charge on any atom is -0.351 e. The van der Waals surface area contributed by atoms with Gasteiger partial charge in [0.15, 0.2) is 21.7 Å². The zero-order chi connectivity index (χ0) is 33.6. The number of aryl methyl sites for hydroxylation is 8. The summed E-state index contributed by atoms with van der Waals surface area (Å²) in [6, 6.07) is 0. The molecule has 0 radical (unpaired) electrons. The molecule has 0 saturated carbocycles. The third kappa shape index (κ3) is 3.31. The zero-order valence-electron chi connectivity index (χ0n) is 28.6. The Labute approximate surface area is 265 Å². The van der Waals surface area contributed by atoms with E-state index in [0.29, 0.717) is 76.3 Å². The molecule has 1 heterocycles. The van der Waals surface area contributed by atoms with Crippen molar-refractivity contribution >= 4 is 65.2 Å². The van der Waals surface area contributed by atoms with E-state index in [1.54, 1.807) is 0 Å². The van der Waals surface area contributed by atoms with E-state index in [4.69, 9.17) is 0 Å². The first-order valence-corrected chi connectivity index (χ1v) is 15.8. The topological polar surface area (TPSA) is 99.9 Å². The first-order chi connectivity index (χ1) is 21.5. The summed E-state index contributed by atoms with van der Waals surface area (Å²) in [6.07, 6.45) is 0. The van der Waals surface area contributed by atoms with Gasteiger partial charge in [-0.15, -0.1) is 0 Å². The van der Waals surface area contributed by atoms with Gasteiger partial charge in [-0.25, -0.2) is 0 Å². The van der Waals surface area contributed by atoms with Crippen molar-refractivity contribution in [1.29, 1.82) is 0 Å². The number of H-pyrrole nitrogens is 2. The molecule has 232 valence electrons. The molecule has 6 heteroatoms. The molecule has 7 rings (SSSR count). The first kappa shape index (κ1) is 29.8. The first-order valence-electron chi connectivity index (χ1n) is 15.8. The summed E-state index contributed by atoms with van der Waals surface area (Å²) in [5.41, 5.74) is 12.1. The second kappa shape index (κ2) is 9.35. The monoisotopic (exact) mass is 610 g/mol. The Morgan fingerprint density at radius 3 is 0.696 bits per heavy atom. The Hall–Kier alpha value is -4.84. The molecule has 0 unspecified atom stereocenters.